The number of amides is 1. The highest BCUT2D eigenvalue weighted by molar-refractivity contribution is 7.14. The van der Waals surface area contributed by atoms with Crippen LogP contribution in [0.1, 0.15) is 51.5 Å². The Kier molecular flexibility index (Phi) is 3.83. The lowest BCUT2D eigenvalue weighted by Gasteiger charge is -2.13. The summed E-state index contributed by atoms with van der Waals surface area (Å²) in [5.41, 5.74) is 2.46. The molecule has 20 heavy (non-hydrogen) atoms. The van der Waals surface area contributed by atoms with Crippen LogP contribution >= 0.6 is 11.3 Å². The van der Waals surface area contributed by atoms with Crippen LogP contribution in [0.4, 0.5) is 0 Å². The maximum Gasteiger partial charge on any atom is 0.261 e. The molecule has 1 N–H and O–H groups in total. The molecule has 0 bridgehead atoms. The summed E-state index contributed by atoms with van der Waals surface area (Å²) < 4.78 is 0. The predicted molar refractivity (Wildman–Crippen MR) is 81.1 cm³/mol. The third-order valence-electron chi connectivity index (χ3n) is 3.77. The van der Waals surface area contributed by atoms with Crippen LogP contribution in [0.3, 0.4) is 0 Å². The predicted octanol–water partition coefficient (Wildman–Crippen LogP) is 3.51. The summed E-state index contributed by atoms with van der Waals surface area (Å²) in [6, 6.07) is 5.95. The molecule has 1 atom stereocenters. The molecular formula is C16H18N2OS. The molecule has 0 aliphatic heterocycles. The zero-order chi connectivity index (χ0) is 13.9. The molecule has 0 radical (unpaired) electrons. The highest BCUT2D eigenvalue weighted by atomic mass is 32.1. The van der Waals surface area contributed by atoms with E-state index in [2.05, 4.69) is 16.4 Å². The molecule has 3 nitrogen and oxygen atoms in total. The first-order chi connectivity index (χ1) is 9.74. The first kappa shape index (κ1) is 13.3. The number of thiophene rings is 1. The van der Waals surface area contributed by atoms with Gasteiger partial charge in [0.25, 0.3) is 5.91 Å². The number of carbonyl (C=O) groups is 1. The van der Waals surface area contributed by atoms with Crippen LogP contribution in [0.5, 0.6) is 0 Å². The highest BCUT2D eigenvalue weighted by Gasteiger charge is 2.18. The Morgan fingerprint density at radius 2 is 2.05 bits per heavy atom. The van der Waals surface area contributed by atoms with Crippen LogP contribution in [-0.2, 0) is 12.8 Å². The summed E-state index contributed by atoms with van der Waals surface area (Å²) in [5.74, 6) is 0.0358. The second-order valence-corrected chi connectivity index (χ2v) is 6.38. The average Bonchev–Trinajstić information content (AvgIpc) is 2.92. The van der Waals surface area contributed by atoms with Crippen molar-refractivity contribution in [2.24, 2.45) is 0 Å². The number of fused-ring (bicyclic) bond motifs is 1. The molecule has 0 aromatic carbocycles. The molecule has 2 aromatic heterocycles. The smallest absolute Gasteiger partial charge is 0.261 e. The van der Waals surface area contributed by atoms with Crippen LogP contribution in [0, 0.1) is 0 Å². The Morgan fingerprint density at radius 1 is 1.30 bits per heavy atom. The first-order valence-corrected chi connectivity index (χ1v) is 7.88. The molecule has 0 unspecified atom stereocenters. The second kappa shape index (κ2) is 5.75. The van der Waals surface area contributed by atoms with Crippen molar-refractivity contribution in [2.45, 2.75) is 38.6 Å². The minimum absolute atomic E-state index is 0.00429. The van der Waals surface area contributed by atoms with E-state index in [1.165, 1.54) is 23.3 Å². The standard InChI is InChI=1S/C16H18N2OS/c1-11(12-6-8-17-9-7-12)18-16(19)15-10-13-4-2-3-5-14(13)20-15/h6-11H,2-5H2,1H3,(H,18,19)/t11-/m1/s1. The number of aryl methyl sites for hydroxylation is 2. The monoisotopic (exact) mass is 286 g/mol. The fourth-order valence-corrected chi connectivity index (χ4v) is 3.76. The SMILES string of the molecule is C[C@@H](NC(=O)c1cc2c(s1)CCCC2)c1ccncc1. The van der Waals surface area contributed by atoms with Crippen molar-refractivity contribution in [3.63, 3.8) is 0 Å². The number of nitrogens with zero attached hydrogens (tertiary/aromatic N) is 1. The zero-order valence-electron chi connectivity index (χ0n) is 11.6. The molecule has 104 valence electrons. The molecule has 2 heterocycles. The van der Waals surface area contributed by atoms with Crippen LogP contribution < -0.4 is 5.32 Å². The first-order valence-electron chi connectivity index (χ1n) is 7.06. The van der Waals surface area contributed by atoms with Crippen LogP contribution in [0.2, 0.25) is 0 Å². The second-order valence-electron chi connectivity index (χ2n) is 5.24. The van der Waals surface area contributed by atoms with Gasteiger partial charge in [0.2, 0.25) is 0 Å². The third kappa shape index (κ3) is 2.75. The molecule has 1 aliphatic carbocycles. The lowest BCUT2D eigenvalue weighted by atomic mass is 9.99. The largest absolute Gasteiger partial charge is 0.345 e. The quantitative estimate of drug-likeness (QED) is 0.938. The van der Waals surface area contributed by atoms with E-state index >= 15 is 0 Å². The van der Waals surface area contributed by atoms with Crippen molar-refractivity contribution in [3.8, 4) is 0 Å². The van der Waals surface area contributed by atoms with Crippen LogP contribution in [0.25, 0.3) is 0 Å². The third-order valence-corrected chi connectivity index (χ3v) is 5.01. The van der Waals surface area contributed by atoms with Crippen molar-refractivity contribution in [1.29, 1.82) is 0 Å². The molecule has 0 saturated carbocycles. The van der Waals surface area contributed by atoms with E-state index in [1.807, 2.05) is 19.1 Å². The Hall–Kier alpha value is -1.68. The molecular weight excluding hydrogens is 268 g/mol. The van der Waals surface area contributed by atoms with Gasteiger partial charge in [0.05, 0.1) is 10.9 Å². The molecule has 0 saturated heterocycles. The maximum atomic E-state index is 12.3. The number of nitrogens with one attached hydrogen (secondary N) is 1. The Morgan fingerprint density at radius 3 is 2.80 bits per heavy atom. The summed E-state index contributed by atoms with van der Waals surface area (Å²) >= 11 is 1.66. The van der Waals surface area contributed by atoms with Gasteiger partial charge >= 0.3 is 0 Å². The number of pyridine rings is 1. The lowest BCUT2D eigenvalue weighted by Crippen LogP contribution is -2.25. The maximum absolute atomic E-state index is 12.3. The highest BCUT2D eigenvalue weighted by Crippen LogP contribution is 2.29. The van der Waals surface area contributed by atoms with Gasteiger partial charge in [0.15, 0.2) is 0 Å². The number of hydrogen-bond acceptors (Lipinski definition) is 3. The molecule has 1 amide bonds. The van der Waals surface area contributed by atoms with Gasteiger partial charge in [-0.3, -0.25) is 9.78 Å². The number of carbonyl (C=O) groups excluding carboxylic acids is 1. The van der Waals surface area contributed by atoms with Crippen molar-refractivity contribution in [1.82, 2.24) is 10.3 Å². The number of aromatic nitrogens is 1. The molecule has 2 aromatic rings. The van der Waals surface area contributed by atoms with Gasteiger partial charge in [0.1, 0.15) is 0 Å². The van der Waals surface area contributed by atoms with Crippen molar-refractivity contribution >= 4 is 17.2 Å². The molecule has 1 aliphatic rings. The van der Waals surface area contributed by atoms with Gasteiger partial charge in [-0.05, 0) is 61.9 Å². The van der Waals surface area contributed by atoms with Crippen LogP contribution in [0.15, 0.2) is 30.6 Å². The summed E-state index contributed by atoms with van der Waals surface area (Å²) in [7, 11) is 0. The fraction of sp³-hybridized carbons (Fsp3) is 0.375. The Bertz CT molecular complexity index is 583. The van der Waals surface area contributed by atoms with Gasteiger partial charge in [0, 0.05) is 17.3 Å². The van der Waals surface area contributed by atoms with E-state index < -0.39 is 0 Å². The Balaban J connectivity index is 1.71. The molecule has 3 rings (SSSR count). The summed E-state index contributed by atoms with van der Waals surface area (Å²) in [5, 5.41) is 3.07. The average molecular weight is 286 g/mol. The summed E-state index contributed by atoms with van der Waals surface area (Å²) in [4.78, 5) is 18.6. The number of rotatable bonds is 3. The zero-order valence-corrected chi connectivity index (χ0v) is 12.4. The molecule has 0 spiro atoms. The van der Waals surface area contributed by atoms with Gasteiger partial charge in [-0.25, -0.2) is 0 Å². The lowest BCUT2D eigenvalue weighted by molar-refractivity contribution is 0.0944. The Labute approximate surface area is 123 Å². The summed E-state index contributed by atoms with van der Waals surface area (Å²) in [6.45, 7) is 2.00. The van der Waals surface area contributed by atoms with Gasteiger partial charge in [-0.1, -0.05) is 0 Å². The minimum Gasteiger partial charge on any atom is -0.345 e. The molecule has 0 fully saturated rings. The normalized spacial score (nSPS) is 15.4. The van der Waals surface area contributed by atoms with Gasteiger partial charge in [-0.2, -0.15) is 0 Å². The molecule has 4 heteroatoms. The minimum atomic E-state index is 0.00429. The van der Waals surface area contributed by atoms with E-state index in [-0.39, 0.29) is 11.9 Å². The number of hydrogen-bond donors (Lipinski definition) is 1. The van der Waals surface area contributed by atoms with Gasteiger partial charge < -0.3 is 5.32 Å². The van der Waals surface area contributed by atoms with Crippen molar-refractivity contribution in [2.75, 3.05) is 0 Å². The van der Waals surface area contributed by atoms with E-state index in [0.717, 1.165) is 23.3 Å². The van der Waals surface area contributed by atoms with Crippen LogP contribution in [-0.4, -0.2) is 10.9 Å². The topological polar surface area (TPSA) is 42.0 Å². The van der Waals surface area contributed by atoms with Crippen molar-refractivity contribution < 1.29 is 4.79 Å². The summed E-state index contributed by atoms with van der Waals surface area (Å²) in [6.07, 6.45) is 8.26. The van der Waals surface area contributed by atoms with E-state index in [1.54, 1.807) is 23.7 Å². The fourth-order valence-electron chi connectivity index (χ4n) is 2.61. The van der Waals surface area contributed by atoms with E-state index in [9.17, 15) is 4.79 Å². The van der Waals surface area contributed by atoms with E-state index in [0.29, 0.717) is 0 Å². The van der Waals surface area contributed by atoms with Crippen molar-refractivity contribution in [3.05, 3.63) is 51.5 Å². The van der Waals surface area contributed by atoms with E-state index in [4.69, 9.17) is 0 Å². The van der Waals surface area contributed by atoms with Gasteiger partial charge in [-0.15, -0.1) is 11.3 Å².